The third-order valence-electron chi connectivity index (χ3n) is 4.36. The Bertz CT molecular complexity index is 612. The van der Waals surface area contributed by atoms with Crippen LogP contribution in [0.15, 0.2) is 12.1 Å². The van der Waals surface area contributed by atoms with Crippen molar-refractivity contribution in [2.24, 2.45) is 11.8 Å². The van der Waals surface area contributed by atoms with E-state index in [1.54, 1.807) is 12.1 Å². The van der Waals surface area contributed by atoms with Gasteiger partial charge in [0.2, 0.25) is 5.91 Å². The molecule has 0 radical (unpaired) electrons. The second-order valence-corrected chi connectivity index (χ2v) is 8.37. The average molecular weight is 365 g/mol. The van der Waals surface area contributed by atoms with Crippen LogP contribution in [-0.2, 0) is 9.53 Å². The molecule has 1 aromatic heterocycles. The van der Waals surface area contributed by atoms with E-state index in [0.717, 1.165) is 37.5 Å². The largest absolute Gasteiger partial charge is 0.374 e. The quantitative estimate of drug-likeness (QED) is 0.777. The number of carbonyl (C=O) groups is 2. The number of morpholine rings is 1. The van der Waals surface area contributed by atoms with Crippen molar-refractivity contribution < 1.29 is 14.3 Å². The minimum atomic E-state index is -0.110. The summed E-state index contributed by atoms with van der Waals surface area (Å²) in [5.74, 6) is 0.747. The van der Waals surface area contributed by atoms with Gasteiger partial charge in [-0.25, -0.2) is 0 Å². The van der Waals surface area contributed by atoms with Gasteiger partial charge in [0, 0.05) is 32.1 Å². The summed E-state index contributed by atoms with van der Waals surface area (Å²) in [5.41, 5.74) is 0. The maximum Gasteiger partial charge on any atom is 0.261 e. The summed E-state index contributed by atoms with van der Waals surface area (Å²) in [7, 11) is 0. The van der Waals surface area contributed by atoms with E-state index in [0.29, 0.717) is 23.9 Å². The van der Waals surface area contributed by atoms with Crippen molar-refractivity contribution in [1.82, 2.24) is 10.2 Å². The molecule has 6 nitrogen and oxygen atoms in total. The molecule has 0 aromatic carbocycles. The third kappa shape index (κ3) is 5.52. The van der Waals surface area contributed by atoms with Gasteiger partial charge >= 0.3 is 0 Å². The second-order valence-electron chi connectivity index (χ2n) is 7.28. The molecule has 2 amide bonds. The van der Waals surface area contributed by atoms with Gasteiger partial charge in [0.15, 0.2) is 0 Å². The molecule has 138 valence electrons. The van der Waals surface area contributed by atoms with Gasteiger partial charge < -0.3 is 15.4 Å². The van der Waals surface area contributed by atoms with Crippen molar-refractivity contribution in [1.29, 1.82) is 0 Å². The number of thiophene rings is 1. The molecule has 1 aromatic rings. The molecule has 2 aliphatic rings. The number of hydrogen-bond donors (Lipinski definition) is 2. The van der Waals surface area contributed by atoms with Gasteiger partial charge in [-0.05, 0) is 30.9 Å². The van der Waals surface area contributed by atoms with Crippen LogP contribution in [0.25, 0.3) is 0 Å². The van der Waals surface area contributed by atoms with Crippen LogP contribution >= 0.6 is 11.3 Å². The highest BCUT2D eigenvalue weighted by Crippen LogP contribution is 2.31. The molecule has 2 heterocycles. The van der Waals surface area contributed by atoms with E-state index in [4.69, 9.17) is 4.74 Å². The number of carbonyl (C=O) groups excluding carboxylic acids is 2. The molecular formula is C18H27N3O3S. The zero-order valence-electron chi connectivity index (χ0n) is 14.9. The zero-order valence-corrected chi connectivity index (χ0v) is 15.7. The minimum absolute atomic E-state index is 0.0328. The van der Waals surface area contributed by atoms with Crippen molar-refractivity contribution in [3.8, 4) is 0 Å². The van der Waals surface area contributed by atoms with Crippen molar-refractivity contribution >= 4 is 28.2 Å². The highest BCUT2D eigenvalue weighted by molar-refractivity contribution is 7.18. The molecule has 7 heteroatoms. The lowest BCUT2D eigenvalue weighted by molar-refractivity contribution is -0.117. The second kappa shape index (κ2) is 8.29. The summed E-state index contributed by atoms with van der Waals surface area (Å²) >= 11 is 1.31. The number of hydrogen-bond acceptors (Lipinski definition) is 5. The Morgan fingerprint density at radius 2 is 2.16 bits per heavy atom. The summed E-state index contributed by atoms with van der Waals surface area (Å²) < 4.78 is 5.76. The Hall–Kier alpha value is -1.44. The SMILES string of the molecule is CC(C)CN1CCOC(CNC(=O)c2ccc(NC(=O)C3CC3)s2)C1. The highest BCUT2D eigenvalue weighted by Gasteiger charge is 2.30. The normalized spacial score (nSPS) is 21.3. The molecular weight excluding hydrogens is 338 g/mol. The van der Waals surface area contributed by atoms with Crippen LogP contribution in [0, 0.1) is 11.8 Å². The first-order chi connectivity index (χ1) is 12.0. The molecule has 1 atom stereocenters. The highest BCUT2D eigenvalue weighted by atomic mass is 32.1. The van der Waals surface area contributed by atoms with Crippen LogP contribution < -0.4 is 10.6 Å². The Morgan fingerprint density at radius 1 is 1.36 bits per heavy atom. The van der Waals surface area contributed by atoms with Crippen molar-refractivity contribution in [3.05, 3.63) is 17.0 Å². The molecule has 0 spiro atoms. The van der Waals surface area contributed by atoms with Gasteiger partial charge in [-0.3, -0.25) is 14.5 Å². The number of amides is 2. The van der Waals surface area contributed by atoms with E-state index in [9.17, 15) is 9.59 Å². The van der Waals surface area contributed by atoms with Crippen molar-refractivity contribution in [2.75, 3.05) is 38.1 Å². The first-order valence-electron chi connectivity index (χ1n) is 9.04. The zero-order chi connectivity index (χ0) is 17.8. The molecule has 1 aliphatic heterocycles. The van der Waals surface area contributed by atoms with E-state index in [1.807, 2.05) is 0 Å². The van der Waals surface area contributed by atoms with Crippen LogP contribution in [0.3, 0.4) is 0 Å². The lowest BCUT2D eigenvalue weighted by atomic mass is 10.2. The molecule has 2 N–H and O–H groups in total. The fourth-order valence-electron chi connectivity index (χ4n) is 2.98. The van der Waals surface area contributed by atoms with Gasteiger partial charge in [-0.2, -0.15) is 0 Å². The summed E-state index contributed by atoms with van der Waals surface area (Å²) in [5, 5.41) is 6.56. The topological polar surface area (TPSA) is 70.7 Å². The molecule has 1 unspecified atom stereocenters. The number of rotatable bonds is 7. The fraction of sp³-hybridized carbons (Fsp3) is 0.667. The lowest BCUT2D eigenvalue weighted by Gasteiger charge is -2.33. The first kappa shape index (κ1) is 18.4. The first-order valence-corrected chi connectivity index (χ1v) is 9.85. The molecule has 1 aliphatic carbocycles. The molecule has 3 rings (SSSR count). The van der Waals surface area contributed by atoms with E-state index >= 15 is 0 Å². The van der Waals surface area contributed by atoms with E-state index in [2.05, 4.69) is 29.4 Å². The number of ether oxygens (including phenoxy) is 1. The molecule has 2 fully saturated rings. The number of nitrogens with zero attached hydrogens (tertiary/aromatic N) is 1. The number of anilines is 1. The molecule has 0 bridgehead atoms. The molecule has 25 heavy (non-hydrogen) atoms. The van der Waals surface area contributed by atoms with Gasteiger partial charge in [0.1, 0.15) is 0 Å². The maximum atomic E-state index is 12.3. The van der Waals surface area contributed by atoms with Gasteiger partial charge in [-0.15, -0.1) is 11.3 Å². The number of nitrogens with one attached hydrogen (secondary N) is 2. The van der Waals surface area contributed by atoms with Gasteiger partial charge in [-0.1, -0.05) is 13.8 Å². The van der Waals surface area contributed by atoms with Crippen LogP contribution in [-0.4, -0.2) is 55.6 Å². The average Bonchev–Trinajstić information content (AvgIpc) is 3.32. The van der Waals surface area contributed by atoms with Crippen LogP contribution in [0.2, 0.25) is 0 Å². The third-order valence-corrected chi connectivity index (χ3v) is 5.36. The van der Waals surface area contributed by atoms with Gasteiger partial charge in [0.25, 0.3) is 5.91 Å². The Morgan fingerprint density at radius 3 is 2.88 bits per heavy atom. The Kier molecular flexibility index (Phi) is 6.09. The monoisotopic (exact) mass is 365 g/mol. The standard InChI is InChI=1S/C18H27N3O3S/c1-12(2)10-21-7-8-24-14(11-21)9-19-18(23)15-5-6-16(25-15)20-17(22)13-3-4-13/h5-6,12-14H,3-4,7-11H2,1-2H3,(H,19,23)(H,20,22). The van der Waals surface area contributed by atoms with Crippen LogP contribution in [0.1, 0.15) is 36.4 Å². The van der Waals surface area contributed by atoms with E-state index in [-0.39, 0.29) is 23.8 Å². The Labute approximate surface area is 152 Å². The minimum Gasteiger partial charge on any atom is -0.374 e. The smallest absolute Gasteiger partial charge is 0.261 e. The Balaban J connectivity index is 1.44. The lowest BCUT2D eigenvalue weighted by Crippen LogP contribution is -2.48. The van der Waals surface area contributed by atoms with E-state index < -0.39 is 0 Å². The fourth-order valence-corrected chi connectivity index (χ4v) is 3.80. The maximum absolute atomic E-state index is 12.3. The predicted octanol–water partition coefficient (Wildman–Crippen LogP) is 2.18. The van der Waals surface area contributed by atoms with Gasteiger partial charge in [0.05, 0.1) is 22.6 Å². The van der Waals surface area contributed by atoms with E-state index in [1.165, 1.54) is 11.3 Å². The summed E-state index contributed by atoms with van der Waals surface area (Å²) in [6.07, 6.45) is 1.98. The van der Waals surface area contributed by atoms with Crippen LogP contribution in [0.4, 0.5) is 5.00 Å². The summed E-state index contributed by atoms with van der Waals surface area (Å²) in [6, 6.07) is 3.55. The van der Waals surface area contributed by atoms with Crippen LogP contribution in [0.5, 0.6) is 0 Å². The molecule has 1 saturated carbocycles. The predicted molar refractivity (Wildman–Crippen MR) is 99.0 cm³/mol. The summed E-state index contributed by atoms with van der Waals surface area (Å²) in [4.78, 5) is 27.1. The van der Waals surface area contributed by atoms with Crippen molar-refractivity contribution in [3.63, 3.8) is 0 Å². The molecule has 1 saturated heterocycles. The van der Waals surface area contributed by atoms with Crippen molar-refractivity contribution in [2.45, 2.75) is 32.8 Å². The summed E-state index contributed by atoms with van der Waals surface area (Å²) in [6.45, 7) is 8.51.